The maximum atomic E-state index is 10.5. The summed E-state index contributed by atoms with van der Waals surface area (Å²) in [6, 6.07) is 25.8. The van der Waals surface area contributed by atoms with Gasteiger partial charge in [0, 0.05) is 43.7 Å². The van der Waals surface area contributed by atoms with Crippen molar-refractivity contribution >= 4 is 39.8 Å². The zero-order valence-electron chi connectivity index (χ0n) is 19.3. The highest BCUT2D eigenvalue weighted by Crippen LogP contribution is 2.33. The molecular formula is C28H27Cl2N3O2. The fourth-order valence-electron chi connectivity index (χ4n) is 4.40. The Bertz CT molecular complexity index is 1290. The zero-order valence-corrected chi connectivity index (χ0v) is 20.8. The Morgan fingerprint density at radius 1 is 0.857 bits per heavy atom. The van der Waals surface area contributed by atoms with Crippen LogP contribution in [0.2, 0.25) is 10.0 Å². The molecular weight excluding hydrogens is 481 g/mol. The summed E-state index contributed by atoms with van der Waals surface area (Å²) in [5.74, 6) is 0.731. The second kappa shape index (κ2) is 10.8. The lowest BCUT2D eigenvalue weighted by molar-refractivity contribution is 0.0663. The van der Waals surface area contributed by atoms with Crippen molar-refractivity contribution < 1.29 is 9.84 Å². The van der Waals surface area contributed by atoms with Gasteiger partial charge in [0.25, 0.3) is 0 Å². The van der Waals surface area contributed by atoms with E-state index in [0.717, 1.165) is 59.8 Å². The van der Waals surface area contributed by atoms with Gasteiger partial charge in [-0.15, -0.1) is 0 Å². The highest BCUT2D eigenvalue weighted by Gasteiger charge is 2.21. The topological polar surface area (TPSA) is 48.8 Å². The standard InChI is InChI=1S/C28H27Cl2N3O2/c29-24-5-3-7-27(28(24)30)33-16-14-32(15-17-33)18-22(34)19-35-23-11-8-21(9-12-23)26-13-10-20-4-1-2-6-25(20)31-26/h1-13,22,34H,14-19H2. The Morgan fingerprint density at radius 3 is 2.43 bits per heavy atom. The third-order valence-corrected chi connectivity index (χ3v) is 7.11. The van der Waals surface area contributed by atoms with Gasteiger partial charge in [-0.05, 0) is 48.5 Å². The third-order valence-electron chi connectivity index (χ3n) is 6.30. The predicted molar refractivity (Wildman–Crippen MR) is 144 cm³/mol. The highest BCUT2D eigenvalue weighted by molar-refractivity contribution is 6.43. The summed E-state index contributed by atoms with van der Waals surface area (Å²) in [4.78, 5) is 9.23. The number of para-hydroxylation sites is 1. The van der Waals surface area contributed by atoms with Gasteiger partial charge in [-0.1, -0.05) is 53.5 Å². The van der Waals surface area contributed by atoms with E-state index in [1.165, 1.54) is 0 Å². The number of aliphatic hydroxyl groups is 1. The van der Waals surface area contributed by atoms with Crippen LogP contribution >= 0.6 is 23.2 Å². The molecule has 1 aliphatic rings. The van der Waals surface area contributed by atoms with E-state index >= 15 is 0 Å². The average molecular weight is 508 g/mol. The summed E-state index contributed by atoms with van der Waals surface area (Å²) in [5.41, 5.74) is 3.89. The van der Waals surface area contributed by atoms with Gasteiger partial charge in [0.15, 0.2) is 0 Å². The Morgan fingerprint density at radius 2 is 1.63 bits per heavy atom. The number of anilines is 1. The number of nitrogens with zero attached hydrogens (tertiary/aromatic N) is 3. The predicted octanol–water partition coefficient (Wildman–Crippen LogP) is 5.77. The molecule has 4 aromatic rings. The number of fused-ring (bicyclic) bond motifs is 1. The molecule has 35 heavy (non-hydrogen) atoms. The van der Waals surface area contributed by atoms with E-state index in [4.69, 9.17) is 32.9 Å². The van der Waals surface area contributed by atoms with Gasteiger partial charge in [0.2, 0.25) is 0 Å². The van der Waals surface area contributed by atoms with Gasteiger partial charge >= 0.3 is 0 Å². The molecule has 0 saturated carbocycles. The van der Waals surface area contributed by atoms with Crippen LogP contribution in [0.3, 0.4) is 0 Å². The summed E-state index contributed by atoms with van der Waals surface area (Å²) in [7, 11) is 0. The number of aromatic nitrogens is 1. The Kier molecular flexibility index (Phi) is 7.40. The lowest BCUT2D eigenvalue weighted by atomic mass is 10.1. The largest absolute Gasteiger partial charge is 0.491 e. The van der Waals surface area contributed by atoms with E-state index in [0.29, 0.717) is 16.6 Å². The van der Waals surface area contributed by atoms with Crippen LogP contribution in [0.4, 0.5) is 5.69 Å². The molecule has 1 saturated heterocycles. The molecule has 7 heteroatoms. The lowest BCUT2D eigenvalue weighted by Crippen LogP contribution is -2.49. The van der Waals surface area contributed by atoms with Crippen molar-refractivity contribution in [3.63, 3.8) is 0 Å². The molecule has 0 bridgehead atoms. The molecule has 1 N–H and O–H groups in total. The number of ether oxygens (including phenoxy) is 1. The van der Waals surface area contributed by atoms with E-state index < -0.39 is 6.10 Å². The maximum absolute atomic E-state index is 10.5. The number of benzene rings is 3. The van der Waals surface area contributed by atoms with Crippen LogP contribution in [-0.4, -0.2) is 60.4 Å². The fraction of sp³-hybridized carbons (Fsp3) is 0.250. The molecule has 5 nitrogen and oxygen atoms in total. The smallest absolute Gasteiger partial charge is 0.119 e. The van der Waals surface area contributed by atoms with Crippen LogP contribution in [0.25, 0.3) is 22.2 Å². The second-order valence-corrected chi connectivity index (χ2v) is 9.52. The minimum atomic E-state index is -0.571. The van der Waals surface area contributed by atoms with Gasteiger partial charge in [0.05, 0.1) is 26.9 Å². The first-order valence-corrected chi connectivity index (χ1v) is 12.5. The van der Waals surface area contributed by atoms with Crippen LogP contribution in [0.15, 0.2) is 78.9 Å². The molecule has 0 aliphatic carbocycles. The van der Waals surface area contributed by atoms with Crippen molar-refractivity contribution in [1.29, 1.82) is 0 Å². The molecule has 0 spiro atoms. The van der Waals surface area contributed by atoms with Crippen molar-refractivity contribution in [2.24, 2.45) is 0 Å². The number of β-amino-alcohol motifs (C(OH)–C–C–N with tert-alkyl or cyclic N) is 1. The molecule has 1 atom stereocenters. The van der Waals surface area contributed by atoms with E-state index in [1.807, 2.05) is 60.7 Å². The van der Waals surface area contributed by atoms with Gasteiger partial charge < -0.3 is 14.7 Å². The summed E-state index contributed by atoms with van der Waals surface area (Å²) in [5, 5.41) is 12.8. The summed E-state index contributed by atoms with van der Waals surface area (Å²) in [6.07, 6.45) is -0.571. The monoisotopic (exact) mass is 507 g/mol. The summed E-state index contributed by atoms with van der Waals surface area (Å²) >= 11 is 12.5. The quantitative estimate of drug-likeness (QED) is 0.344. The van der Waals surface area contributed by atoms with Crippen LogP contribution < -0.4 is 9.64 Å². The normalized spacial score (nSPS) is 15.3. The number of hydrogen-bond acceptors (Lipinski definition) is 5. The first-order valence-electron chi connectivity index (χ1n) is 11.8. The van der Waals surface area contributed by atoms with E-state index in [-0.39, 0.29) is 6.61 Å². The van der Waals surface area contributed by atoms with Crippen LogP contribution in [0, 0.1) is 0 Å². The second-order valence-electron chi connectivity index (χ2n) is 8.74. The number of rotatable bonds is 7. The molecule has 1 aromatic heterocycles. The highest BCUT2D eigenvalue weighted by atomic mass is 35.5. The molecule has 3 aromatic carbocycles. The Hall–Kier alpha value is -2.83. The molecule has 180 valence electrons. The summed E-state index contributed by atoms with van der Waals surface area (Å²) < 4.78 is 5.85. The van der Waals surface area contributed by atoms with E-state index in [9.17, 15) is 5.11 Å². The first-order chi connectivity index (χ1) is 17.1. The first kappa shape index (κ1) is 23.9. The van der Waals surface area contributed by atoms with Crippen LogP contribution in [0.1, 0.15) is 0 Å². The number of aliphatic hydroxyl groups excluding tert-OH is 1. The van der Waals surface area contributed by atoms with Crippen molar-refractivity contribution in [3.8, 4) is 17.0 Å². The number of pyridine rings is 1. The molecule has 2 heterocycles. The SMILES string of the molecule is OC(COc1ccc(-c2ccc3ccccc3n2)cc1)CN1CCN(c2cccc(Cl)c2Cl)CC1. The van der Waals surface area contributed by atoms with E-state index in [1.54, 1.807) is 6.07 Å². The number of piperazine rings is 1. The molecule has 1 unspecified atom stereocenters. The number of halogens is 2. The molecule has 0 radical (unpaired) electrons. The van der Waals surface area contributed by atoms with Gasteiger partial charge in [0.1, 0.15) is 18.5 Å². The molecule has 0 amide bonds. The lowest BCUT2D eigenvalue weighted by Gasteiger charge is -2.37. The molecule has 1 fully saturated rings. The van der Waals surface area contributed by atoms with Gasteiger partial charge in [-0.2, -0.15) is 0 Å². The van der Waals surface area contributed by atoms with Crippen molar-refractivity contribution in [2.75, 3.05) is 44.2 Å². The van der Waals surface area contributed by atoms with Crippen molar-refractivity contribution in [1.82, 2.24) is 9.88 Å². The van der Waals surface area contributed by atoms with Crippen molar-refractivity contribution in [2.45, 2.75) is 6.10 Å². The van der Waals surface area contributed by atoms with Gasteiger partial charge in [-0.25, -0.2) is 4.98 Å². The van der Waals surface area contributed by atoms with Gasteiger partial charge in [-0.3, -0.25) is 4.90 Å². The maximum Gasteiger partial charge on any atom is 0.119 e. The number of hydrogen-bond donors (Lipinski definition) is 1. The minimum absolute atomic E-state index is 0.244. The average Bonchev–Trinajstić information content (AvgIpc) is 2.90. The van der Waals surface area contributed by atoms with E-state index in [2.05, 4.69) is 21.9 Å². The zero-order chi connectivity index (χ0) is 24.2. The molecule has 1 aliphatic heterocycles. The summed E-state index contributed by atoms with van der Waals surface area (Å²) in [6.45, 7) is 4.15. The van der Waals surface area contributed by atoms with Crippen LogP contribution in [0.5, 0.6) is 5.75 Å². The third kappa shape index (κ3) is 5.71. The Balaban J connectivity index is 1.10. The fourth-order valence-corrected chi connectivity index (χ4v) is 4.81. The van der Waals surface area contributed by atoms with Crippen LogP contribution in [-0.2, 0) is 0 Å². The molecule has 5 rings (SSSR count). The minimum Gasteiger partial charge on any atom is -0.491 e. The van der Waals surface area contributed by atoms with Crippen molar-refractivity contribution in [3.05, 3.63) is 88.9 Å². The Labute approximate surface area is 215 Å².